The second-order valence-electron chi connectivity index (χ2n) is 5.83. The minimum absolute atomic E-state index is 0.193. The normalized spacial score (nSPS) is 18.9. The zero-order valence-electron chi connectivity index (χ0n) is 12.2. The lowest BCUT2D eigenvalue weighted by molar-refractivity contribution is 0.452. The summed E-state index contributed by atoms with van der Waals surface area (Å²) >= 11 is 0. The van der Waals surface area contributed by atoms with E-state index in [9.17, 15) is 0 Å². The van der Waals surface area contributed by atoms with Gasteiger partial charge in [0.1, 0.15) is 0 Å². The van der Waals surface area contributed by atoms with Crippen molar-refractivity contribution in [3.8, 4) is 0 Å². The van der Waals surface area contributed by atoms with Gasteiger partial charge in [-0.25, -0.2) is 0 Å². The number of hydrazine groups is 1. The lowest BCUT2D eigenvalue weighted by atomic mass is 9.87. The van der Waals surface area contributed by atoms with Gasteiger partial charge in [-0.2, -0.15) is 0 Å². The molecule has 3 N–H and O–H groups in total. The lowest BCUT2D eigenvalue weighted by Gasteiger charge is -2.25. The Balaban J connectivity index is 1.97. The molecule has 104 valence electrons. The number of hydrogen-bond donors (Lipinski definition) is 2. The number of fused-ring (bicyclic) bond motifs is 1. The van der Waals surface area contributed by atoms with Crippen LogP contribution in [-0.4, -0.2) is 0 Å². The average molecular weight is 266 g/mol. The van der Waals surface area contributed by atoms with E-state index in [1.807, 2.05) is 0 Å². The first-order valence-electron chi connectivity index (χ1n) is 7.32. The molecular formula is C18H22N2. The smallest absolute Gasteiger partial charge is 0.0528 e. The largest absolute Gasteiger partial charge is 0.271 e. The van der Waals surface area contributed by atoms with Gasteiger partial charge in [0.2, 0.25) is 0 Å². The Morgan fingerprint density at radius 3 is 2.65 bits per heavy atom. The molecule has 0 aliphatic heterocycles. The number of nitrogens with two attached hydrogens (primary N) is 1. The zero-order chi connectivity index (χ0) is 14.1. The predicted octanol–water partition coefficient (Wildman–Crippen LogP) is 3.54. The maximum Gasteiger partial charge on any atom is 0.0528 e. The third kappa shape index (κ3) is 2.26. The summed E-state index contributed by atoms with van der Waals surface area (Å²) in [6.45, 7) is 4.31. The zero-order valence-corrected chi connectivity index (χ0v) is 12.2. The molecule has 0 saturated heterocycles. The molecule has 2 aromatic carbocycles. The highest BCUT2D eigenvalue weighted by molar-refractivity contribution is 5.40. The number of benzene rings is 2. The summed E-state index contributed by atoms with van der Waals surface area (Å²) in [5.41, 5.74) is 9.92. The van der Waals surface area contributed by atoms with Gasteiger partial charge in [-0.05, 0) is 54.5 Å². The van der Waals surface area contributed by atoms with Crippen LogP contribution in [0.25, 0.3) is 0 Å². The van der Waals surface area contributed by atoms with Gasteiger partial charge in [-0.1, -0.05) is 42.5 Å². The van der Waals surface area contributed by atoms with Gasteiger partial charge in [0, 0.05) is 5.92 Å². The molecule has 0 heterocycles. The van der Waals surface area contributed by atoms with Crippen molar-refractivity contribution >= 4 is 0 Å². The average Bonchev–Trinajstić information content (AvgIpc) is 2.88. The van der Waals surface area contributed by atoms with Crippen molar-refractivity contribution in [2.45, 2.75) is 38.6 Å². The van der Waals surface area contributed by atoms with Gasteiger partial charge in [-0.3, -0.25) is 11.3 Å². The summed E-state index contributed by atoms with van der Waals surface area (Å²) in [5.74, 6) is 6.35. The number of nitrogens with one attached hydrogen (secondary N) is 1. The minimum atomic E-state index is 0.193. The molecule has 2 unspecified atom stereocenters. The Bertz CT molecular complexity index is 619. The van der Waals surface area contributed by atoms with Gasteiger partial charge < -0.3 is 0 Å². The van der Waals surface area contributed by atoms with Crippen LogP contribution < -0.4 is 11.3 Å². The molecule has 0 bridgehead atoms. The molecule has 0 amide bonds. The molecule has 1 aliphatic rings. The summed E-state index contributed by atoms with van der Waals surface area (Å²) in [4.78, 5) is 0. The first kappa shape index (κ1) is 13.3. The summed E-state index contributed by atoms with van der Waals surface area (Å²) in [6.07, 6.45) is 2.32. The summed E-state index contributed by atoms with van der Waals surface area (Å²) < 4.78 is 0. The van der Waals surface area contributed by atoms with E-state index in [1.54, 1.807) is 0 Å². The highest BCUT2D eigenvalue weighted by Gasteiger charge is 2.29. The Morgan fingerprint density at radius 2 is 1.90 bits per heavy atom. The van der Waals surface area contributed by atoms with Gasteiger partial charge >= 0.3 is 0 Å². The number of rotatable bonds is 3. The summed E-state index contributed by atoms with van der Waals surface area (Å²) in [7, 11) is 0. The standard InChI is InChI=1S/C18H22N2/c1-12-7-8-15(11-13(12)2)18(20-19)17-10-9-14-5-3-4-6-16(14)17/h3-8,11,17-18,20H,9-10,19H2,1-2H3. The molecule has 2 heteroatoms. The quantitative estimate of drug-likeness (QED) is 0.659. The van der Waals surface area contributed by atoms with Crippen molar-refractivity contribution in [1.82, 2.24) is 5.43 Å². The molecule has 3 rings (SSSR count). The molecule has 0 spiro atoms. The molecule has 0 radical (unpaired) electrons. The van der Waals surface area contributed by atoms with Crippen LogP contribution in [0.4, 0.5) is 0 Å². The Morgan fingerprint density at radius 1 is 1.10 bits per heavy atom. The molecule has 20 heavy (non-hydrogen) atoms. The topological polar surface area (TPSA) is 38.0 Å². The van der Waals surface area contributed by atoms with Gasteiger partial charge in [0.25, 0.3) is 0 Å². The van der Waals surface area contributed by atoms with Crippen LogP contribution in [0, 0.1) is 13.8 Å². The van der Waals surface area contributed by atoms with E-state index in [1.165, 1.54) is 34.2 Å². The molecule has 2 atom stereocenters. The highest BCUT2D eigenvalue weighted by Crippen LogP contribution is 2.41. The fraction of sp³-hybridized carbons (Fsp3) is 0.333. The van der Waals surface area contributed by atoms with Crippen molar-refractivity contribution in [2.24, 2.45) is 5.84 Å². The number of aryl methyl sites for hydroxylation is 3. The van der Waals surface area contributed by atoms with E-state index in [2.05, 4.69) is 61.7 Å². The van der Waals surface area contributed by atoms with Crippen molar-refractivity contribution in [3.05, 3.63) is 70.3 Å². The van der Waals surface area contributed by atoms with E-state index >= 15 is 0 Å². The van der Waals surface area contributed by atoms with Crippen LogP contribution in [-0.2, 0) is 6.42 Å². The predicted molar refractivity (Wildman–Crippen MR) is 83.5 cm³/mol. The number of hydrogen-bond acceptors (Lipinski definition) is 2. The molecule has 0 fully saturated rings. The van der Waals surface area contributed by atoms with Gasteiger partial charge in [0.15, 0.2) is 0 Å². The van der Waals surface area contributed by atoms with Gasteiger partial charge in [-0.15, -0.1) is 0 Å². The van der Waals surface area contributed by atoms with E-state index < -0.39 is 0 Å². The summed E-state index contributed by atoms with van der Waals surface area (Å²) in [6, 6.07) is 15.6. The van der Waals surface area contributed by atoms with Crippen molar-refractivity contribution in [2.75, 3.05) is 0 Å². The van der Waals surface area contributed by atoms with E-state index in [0.717, 1.165) is 6.42 Å². The maximum absolute atomic E-state index is 5.88. The third-order valence-electron chi connectivity index (χ3n) is 4.65. The minimum Gasteiger partial charge on any atom is -0.271 e. The molecule has 2 nitrogen and oxygen atoms in total. The first-order valence-corrected chi connectivity index (χ1v) is 7.32. The van der Waals surface area contributed by atoms with Crippen LogP contribution in [0.5, 0.6) is 0 Å². The molecule has 0 aromatic heterocycles. The Kier molecular flexibility index (Phi) is 3.60. The SMILES string of the molecule is Cc1ccc(C(NN)C2CCc3ccccc32)cc1C. The highest BCUT2D eigenvalue weighted by atomic mass is 15.2. The molecular weight excluding hydrogens is 244 g/mol. The Labute approximate surface area is 121 Å². The van der Waals surface area contributed by atoms with Crippen molar-refractivity contribution < 1.29 is 0 Å². The van der Waals surface area contributed by atoms with Crippen LogP contribution in [0.2, 0.25) is 0 Å². The Hall–Kier alpha value is -1.64. The molecule has 2 aromatic rings. The second-order valence-corrected chi connectivity index (χ2v) is 5.83. The molecule has 0 saturated carbocycles. The maximum atomic E-state index is 5.88. The van der Waals surface area contributed by atoms with Crippen LogP contribution in [0.1, 0.15) is 46.2 Å². The van der Waals surface area contributed by atoms with Crippen LogP contribution in [0.3, 0.4) is 0 Å². The second kappa shape index (κ2) is 5.39. The fourth-order valence-electron chi connectivity index (χ4n) is 3.34. The van der Waals surface area contributed by atoms with Crippen LogP contribution >= 0.6 is 0 Å². The molecule has 1 aliphatic carbocycles. The third-order valence-corrected chi connectivity index (χ3v) is 4.65. The summed E-state index contributed by atoms with van der Waals surface area (Å²) in [5, 5.41) is 0. The van der Waals surface area contributed by atoms with Crippen LogP contribution in [0.15, 0.2) is 42.5 Å². The van der Waals surface area contributed by atoms with E-state index in [-0.39, 0.29) is 6.04 Å². The van der Waals surface area contributed by atoms with Crippen molar-refractivity contribution in [3.63, 3.8) is 0 Å². The monoisotopic (exact) mass is 266 g/mol. The van der Waals surface area contributed by atoms with E-state index in [0.29, 0.717) is 5.92 Å². The first-order chi connectivity index (χ1) is 9.70. The van der Waals surface area contributed by atoms with E-state index in [4.69, 9.17) is 5.84 Å². The van der Waals surface area contributed by atoms with Crippen molar-refractivity contribution in [1.29, 1.82) is 0 Å². The lowest BCUT2D eigenvalue weighted by Crippen LogP contribution is -2.32. The van der Waals surface area contributed by atoms with Gasteiger partial charge in [0.05, 0.1) is 6.04 Å². The fourth-order valence-corrected chi connectivity index (χ4v) is 3.34.